The molecule has 0 heterocycles. The van der Waals surface area contributed by atoms with Crippen LogP contribution in [0.5, 0.6) is 5.75 Å². The number of halogens is 1. The molecule has 0 amide bonds. The minimum absolute atomic E-state index is 0.718. The van der Waals surface area contributed by atoms with Crippen molar-refractivity contribution in [3.63, 3.8) is 0 Å². The molecule has 0 saturated carbocycles. The van der Waals surface area contributed by atoms with Crippen LogP contribution in [0.3, 0.4) is 0 Å². The highest BCUT2D eigenvalue weighted by Gasteiger charge is 1.96. The molecule has 0 aliphatic carbocycles. The van der Waals surface area contributed by atoms with E-state index in [1.54, 1.807) is 31.4 Å². The predicted octanol–water partition coefficient (Wildman–Crippen LogP) is 2.23. The van der Waals surface area contributed by atoms with Crippen LogP contribution in [-0.4, -0.2) is 15.5 Å². The van der Waals surface area contributed by atoms with Gasteiger partial charge in [0.15, 0.2) is 0 Å². The monoisotopic (exact) mass is 232 g/mol. The van der Waals surface area contributed by atoms with E-state index in [1.807, 2.05) is 0 Å². The summed E-state index contributed by atoms with van der Waals surface area (Å²) in [6.45, 7) is 0. The molecule has 0 unspecified atom stereocenters. The Morgan fingerprint density at radius 2 is 1.86 bits per heavy atom. The molecule has 1 aromatic rings. The molecule has 76 valence electrons. The molecule has 14 heavy (non-hydrogen) atoms. The molecule has 0 atom stereocenters. The van der Waals surface area contributed by atoms with Crippen molar-refractivity contribution < 1.29 is 13.2 Å². The van der Waals surface area contributed by atoms with Crippen molar-refractivity contribution in [2.45, 2.75) is 0 Å². The fourth-order valence-corrected chi connectivity index (χ4v) is 1.35. The first kappa shape index (κ1) is 11.1. The van der Waals surface area contributed by atoms with Crippen LogP contribution in [0.25, 0.3) is 6.08 Å². The SMILES string of the molecule is COc1ccc(/C=C/S(=O)(=O)Cl)cc1. The van der Waals surface area contributed by atoms with Crippen molar-refractivity contribution in [3.05, 3.63) is 35.2 Å². The zero-order chi connectivity index (χ0) is 10.6. The van der Waals surface area contributed by atoms with Crippen LogP contribution in [0.15, 0.2) is 29.7 Å². The minimum Gasteiger partial charge on any atom is -0.497 e. The molecule has 1 rings (SSSR count). The Hall–Kier alpha value is -1.00. The molecule has 0 aliphatic heterocycles. The summed E-state index contributed by atoms with van der Waals surface area (Å²) in [6, 6.07) is 6.94. The van der Waals surface area contributed by atoms with Gasteiger partial charge in [0.2, 0.25) is 0 Å². The first-order valence-corrected chi connectivity index (χ1v) is 6.15. The smallest absolute Gasteiger partial charge is 0.254 e. The summed E-state index contributed by atoms with van der Waals surface area (Å²) >= 11 is 0. The van der Waals surface area contributed by atoms with Gasteiger partial charge >= 0.3 is 0 Å². The van der Waals surface area contributed by atoms with Gasteiger partial charge in [0, 0.05) is 16.1 Å². The van der Waals surface area contributed by atoms with Gasteiger partial charge in [0.25, 0.3) is 9.05 Å². The molecule has 0 aromatic heterocycles. The van der Waals surface area contributed by atoms with Gasteiger partial charge in [0.05, 0.1) is 7.11 Å². The van der Waals surface area contributed by atoms with Crippen LogP contribution in [0, 0.1) is 0 Å². The summed E-state index contributed by atoms with van der Waals surface area (Å²) in [5, 5.41) is 0.941. The van der Waals surface area contributed by atoms with E-state index < -0.39 is 9.05 Å². The lowest BCUT2D eigenvalue weighted by molar-refractivity contribution is 0.415. The van der Waals surface area contributed by atoms with E-state index >= 15 is 0 Å². The normalized spacial score (nSPS) is 11.9. The average molecular weight is 233 g/mol. The molecule has 0 saturated heterocycles. The summed E-state index contributed by atoms with van der Waals surface area (Å²) in [7, 11) is 2.99. The molecule has 5 heteroatoms. The summed E-state index contributed by atoms with van der Waals surface area (Å²) in [4.78, 5) is 0. The third-order valence-electron chi connectivity index (χ3n) is 1.54. The van der Waals surface area contributed by atoms with Gasteiger partial charge < -0.3 is 4.74 Å². The number of benzene rings is 1. The first-order chi connectivity index (χ1) is 6.51. The Labute approximate surface area is 87.4 Å². The third-order valence-corrected chi connectivity index (χ3v) is 2.31. The molecule has 0 N–H and O–H groups in total. The number of ether oxygens (including phenoxy) is 1. The van der Waals surface area contributed by atoms with Gasteiger partial charge in [-0.25, -0.2) is 8.42 Å². The van der Waals surface area contributed by atoms with Gasteiger partial charge in [-0.2, -0.15) is 0 Å². The zero-order valence-corrected chi connectivity index (χ0v) is 9.05. The maximum absolute atomic E-state index is 10.6. The van der Waals surface area contributed by atoms with Gasteiger partial charge in [-0.1, -0.05) is 12.1 Å². The molecule has 1 aromatic carbocycles. The van der Waals surface area contributed by atoms with E-state index in [1.165, 1.54) is 6.08 Å². The van der Waals surface area contributed by atoms with Crippen molar-refractivity contribution in [3.8, 4) is 5.75 Å². The Bertz CT molecular complexity index is 420. The van der Waals surface area contributed by atoms with Gasteiger partial charge in [-0.15, -0.1) is 0 Å². The molecule has 0 aliphatic rings. The molecular weight excluding hydrogens is 224 g/mol. The molecule has 0 fully saturated rings. The van der Waals surface area contributed by atoms with E-state index in [4.69, 9.17) is 15.4 Å². The lowest BCUT2D eigenvalue weighted by Crippen LogP contribution is -1.82. The van der Waals surface area contributed by atoms with Crippen molar-refractivity contribution in [1.82, 2.24) is 0 Å². The van der Waals surface area contributed by atoms with Crippen molar-refractivity contribution >= 4 is 25.8 Å². The van der Waals surface area contributed by atoms with Crippen LogP contribution in [-0.2, 0) is 9.05 Å². The Balaban J connectivity index is 2.84. The molecule has 0 bridgehead atoms. The van der Waals surface area contributed by atoms with Crippen LogP contribution < -0.4 is 4.74 Å². The topological polar surface area (TPSA) is 43.4 Å². The summed E-state index contributed by atoms with van der Waals surface area (Å²) in [5.41, 5.74) is 0.745. The molecule has 3 nitrogen and oxygen atoms in total. The van der Waals surface area contributed by atoms with Crippen LogP contribution in [0.4, 0.5) is 0 Å². The zero-order valence-electron chi connectivity index (χ0n) is 7.48. The standard InChI is InChI=1S/C9H9ClO3S/c1-13-9-4-2-8(3-5-9)6-7-14(10,11)12/h2-7H,1H3/b7-6+. The van der Waals surface area contributed by atoms with E-state index in [0.29, 0.717) is 0 Å². The Morgan fingerprint density at radius 1 is 1.29 bits per heavy atom. The highest BCUT2D eigenvalue weighted by molar-refractivity contribution is 8.16. The number of methoxy groups -OCH3 is 1. The average Bonchev–Trinajstić information content (AvgIpc) is 2.14. The third kappa shape index (κ3) is 3.81. The van der Waals surface area contributed by atoms with Crippen LogP contribution in [0.1, 0.15) is 5.56 Å². The molecule has 0 spiro atoms. The highest BCUT2D eigenvalue weighted by Crippen LogP contribution is 2.13. The van der Waals surface area contributed by atoms with E-state index in [2.05, 4.69) is 0 Å². The van der Waals surface area contributed by atoms with E-state index in [0.717, 1.165) is 16.7 Å². The quantitative estimate of drug-likeness (QED) is 0.751. The van der Waals surface area contributed by atoms with Crippen LogP contribution >= 0.6 is 10.7 Å². The number of rotatable bonds is 3. The second kappa shape index (κ2) is 4.48. The van der Waals surface area contributed by atoms with Crippen molar-refractivity contribution in [1.29, 1.82) is 0 Å². The summed E-state index contributed by atoms with van der Waals surface area (Å²) < 4.78 is 26.1. The van der Waals surface area contributed by atoms with E-state index in [-0.39, 0.29) is 0 Å². The van der Waals surface area contributed by atoms with Gasteiger partial charge in [-0.3, -0.25) is 0 Å². The van der Waals surface area contributed by atoms with Crippen molar-refractivity contribution in [2.75, 3.05) is 7.11 Å². The van der Waals surface area contributed by atoms with Crippen LogP contribution in [0.2, 0.25) is 0 Å². The molecular formula is C9H9ClO3S. The predicted molar refractivity (Wildman–Crippen MR) is 56.8 cm³/mol. The fraction of sp³-hybridized carbons (Fsp3) is 0.111. The molecule has 0 radical (unpaired) electrons. The maximum Gasteiger partial charge on any atom is 0.254 e. The summed E-state index contributed by atoms with van der Waals surface area (Å²) in [6.07, 6.45) is 1.42. The lowest BCUT2D eigenvalue weighted by Gasteiger charge is -1.98. The highest BCUT2D eigenvalue weighted by atomic mass is 35.7. The number of hydrogen-bond donors (Lipinski definition) is 0. The Kier molecular flexibility index (Phi) is 3.55. The first-order valence-electron chi connectivity index (χ1n) is 3.78. The summed E-state index contributed by atoms with van der Waals surface area (Å²) in [5.74, 6) is 0.718. The van der Waals surface area contributed by atoms with Gasteiger partial charge in [-0.05, 0) is 23.8 Å². The van der Waals surface area contributed by atoms with Crippen molar-refractivity contribution in [2.24, 2.45) is 0 Å². The van der Waals surface area contributed by atoms with Gasteiger partial charge in [0.1, 0.15) is 5.75 Å². The number of hydrogen-bond acceptors (Lipinski definition) is 3. The fourth-order valence-electron chi connectivity index (χ4n) is 0.875. The largest absolute Gasteiger partial charge is 0.497 e. The second-order valence-corrected chi connectivity index (χ2v) is 5.07. The lowest BCUT2D eigenvalue weighted by atomic mass is 10.2. The maximum atomic E-state index is 10.6. The Morgan fingerprint density at radius 3 is 2.29 bits per heavy atom. The van der Waals surface area contributed by atoms with E-state index in [9.17, 15) is 8.42 Å². The second-order valence-electron chi connectivity index (χ2n) is 2.55. The minimum atomic E-state index is -3.58.